The number of rotatable bonds is 8. The van der Waals surface area contributed by atoms with Crippen molar-refractivity contribution in [1.29, 1.82) is 0 Å². The van der Waals surface area contributed by atoms with E-state index in [9.17, 15) is 4.79 Å². The third kappa shape index (κ3) is 5.92. The summed E-state index contributed by atoms with van der Waals surface area (Å²) in [6, 6.07) is 11.0. The van der Waals surface area contributed by atoms with E-state index in [1.54, 1.807) is 19.2 Å². The monoisotopic (exact) mass is 414 g/mol. The maximum Gasteiger partial charge on any atom is 0.289 e. The Kier molecular flexibility index (Phi) is 8.00. The van der Waals surface area contributed by atoms with Crippen LogP contribution in [-0.2, 0) is 0 Å². The summed E-state index contributed by atoms with van der Waals surface area (Å²) >= 11 is 0. The molecule has 0 spiro atoms. The van der Waals surface area contributed by atoms with Crippen molar-refractivity contribution in [2.75, 3.05) is 53.0 Å². The number of amides is 1. The number of hydrogen-bond acceptors (Lipinski definition) is 5. The summed E-state index contributed by atoms with van der Waals surface area (Å²) in [6.45, 7) is 6.85. The molecule has 3 rings (SSSR count). The summed E-state index contributed by atoms with van der Waals surface area (Å²) in [6.07, 6.45) is 2.33. The Labute approximate surface area is 177 Å². The fourth-order valence-electron chi connectivity index (χ4n) is 3.23. The van der Waals surface area contributed by atoms with E-state index in [1.165, 1.54) is 6.26 Å². The Morgan fingerprint density at radius 3 is 2.60 bits per heavy atom. The quantitative estimate of drug-likeness (QED) is 0.406. The highest BCUT2D eigenvalue weighted by atomic mass is 16.5. The van der Waals surface area contributed by atoms with Gasteiger partial charge in [-0.05, 0) is 31.2 Å². The van der Waals surface area contributed by atoms with Crippen molar-refractivity contribution in [3.05, 3.63) is 48.4 Å². The van der Waals surface area contributed by atoms with Crippen molar-refractivity contribution in [2.24, 2.45) is 4.99 Å². The predicted molar refractivity (Wildman–Crippen MR) is 115 cm³/mol. The van der Waals surface area contributed by atoms with E-state index in [2.05, 4.69) is 17.1 Å². The van der Waals surface area contributed by atoms with Crippen molar-refractivity contribution in [2.45, 2.75) is 13.3 Å². The van der Waals surface area contributed by atoms with E-state index in [-0.39, 0.29) is 5.91 Å². The fraction of sp³-hybridized carbons (Fsp3) is 0.455. The van der Waals surface area contributed by atoms with Crippen LogP contribution in [0.4, 0.5) is 0 Å². The lowest BCUT2D eigenvalue weighted by Gasteiger charge is -2.36. The predicted octanol–water partition coefficient (Wildman–Crippen LogP) is 2.48. The Balaban J connectivity index is 1.44. The Morgan fingerprint density at radius 1 is 1.13 bits per heavy atom. The van der Waals surface area contributed by atoms with Crippen molar-refractivity contribution in [3.63, 3.8) is 0 Å². The van der Waals surface area contributed by atoms with Crippen molar-refractivity contribution < 1.29 is 18.7 Å². The topological polar surface area (TPSA) is 79.5 Å². The number of methoxy groups -OCH3 is 1. The van der Waals surface area contributed by atoms with Crippen LogP contribution >= 0.6 is 0 Å². The van der Waals surface area contributed by atoms with E-state index in [1.807, 2.05) is 29.2 Å². The number of piperazine rings is 1. The molecule has 1 saturated heterocycles. The van der Waals surface area contributed by atoms with Crippen LogP contribution < -0.4 is 14.8 Å². The van der Waals surface area contributed by atoms with Crippen LogP contribution in [0.2, 0.25) is 0 Å². The van der Waals surface area contributed by atoms with Gasteiger partial charge in [-0.25, -0.2) is 0 Å². The first-order chi connectivity index (χ1) is 14.7. The number of carbonyl (C=O) groups is 1. The van der Waals surface area contributed by atoms with Gasteiger partial charge in [0.15, 0.2) is 11.7 Å². The number of nitrogens with zero attached hydrogens (tertiary/aromatic N) is 3. The molecule has 0 saturated carbocycles. The number of guanidine groups is 1. The molecule has 162 valence electrons. The molecule has 0 atom stereocenters. The minimum absolute atomic E-state index is 0.0590. The van der Waals surface area contributed by atoms with Crippen LogP contribution in [0, 0.1) is 0 Å². The number of aliphatic imine (C=N–C) groups is 1. The molecule has 0 bridgehead atoms. The van der Waals surface area contributed by atoms with Crippen LogP contribution in [0.5, 0.6) is 11.5 Å². The number of benzene rings is 1. The second kappa shape index (κ2) is 11.1. The van der Waals surface area contributed by atoms with Gasteiger partial charge in [-0.1, -0.05) is 6.07 Å². The summed E-state index contributed by atoms with van der Waals surface area (Å²) in [4.78, 5) is 21.2. The Morgan fingerprint density at radius 2 is 1.90 bits per heavy atom. The van der Waals surface area contributed by atoms with Gasteiger partial charge in [0, 0.05) is 51.8 Å². The highest BCUT2D eigenvalue weighted by Gasteiger charge is 2.25. The standard InChI is InChI=1S/C22H30N4O4/c1-3-23-22(24-10-6-16-29-19-8-4-7-18(17-19)28-2)26-13-11-25(12-14-26)21(27)20-9-5-15-30-20/h4-5,7-9,15,17H,3,6,10-14,16H2,1-2H3,(H,23,24). The number of nitrogens with one attached hydrogen (secondary N) is 1. The molecule has 30 heavy (non-hydrogen) atoms. The van der Waals surface area contributed by atoms with Crippen LogP contribution in [0.25, 0.3) is 0 Å². The molecule has 2 aromatic rings. The highest BCUT2D eigenvalue weighted by Crippen LogP contribution is 2.18. The fourth-order valence-corrected chi connectivity index (χ4v) is 3.23. The van der Waals surface area contributed by atoms with E-state index in [4.69, 9.17) is 18.9 Å². The third-order valence-electron chi connectivity index (χ3n) is 4.81. The van der Waals surface area contributed by atoms with E-state index in [0.29, 0.717) is 32.0 Å². The smallest absolute Gasteiger partial charge is 0.289 e. The van der Waals surface area contributed by atoms with Gasteiger partial charge in [-0.2, -0.15) is 0 Å². The number of carbonyl (C=O) groups excluding carboxylic acids is 1. The number of hydrogen-bond donors (Lipinski definition) is 1. The molecule has 1 aromatic carbocycles. The first kappa shape index (κ1) is 21.5. The van der Waals surface area contributed by atoms with Crippen LogP contribution in [0.1, 0.15) is 23.9 Å². The molecule has 8 nitrogen and oxygen atoms in total. The van der Waals surface area contributed by atoms with E-state index < -0.39 is 0 Å². The first-order valence-corrected chi connectivity index (χ1v) is 10.3. The maximum absolute atomic E-state index is 12.4. The average Bonchev–Trinajstić information content (AvgIpc) is 3.33. The molecule has 1 aromatic heterocycles. The SMILES string of the molecule is CCNC(=NCCCOc1cccc(OC)c1)N1CCN(C(=O)c2ccco2)CC1. The summed E-state index contributed by atoms with van der Waals surface area (Å²) in [7, 11) is 1.64. The minimum Gasteiger partial charge on any atom is -0.497 e. The lowest BCUT2D eigenvalue weighted by atomic mass is 10.3. The van der Waals surface area contributed by atoms with Crippen LogP contribution in [0.3, 0.4) is 0 Å². The van der Waals surface area contributed by atoms with Gasteiger partial charge in [0.05, 0.1) is 20.0 Å². The highest BCUT2D eigenvalue weighted by molar-refractivity contribution is 5.91. The van der Waals surface area contributed by atoms with Crippen molar-refractivity contribution in [3.8, 4) is 11.5 Å². The normalized spacial score (nSPS) is 14.5. The summed E-state index contributed by atoms with van der Waals surface area (Å²) in [5, 5.41) is 3.34. The largest absolute Gasteiger partial charge is 0.497 e. The molecule has 8 heteroatoms. The lowest BCUT2D eigenvalue weighted by Crippen LogP contribution is -2.53. The first-order valence-electron chi connectivity index (χ1n) is 10.3. The molecule has 0 radical (unpaired) electrons. The molecule has 1 fully saturated rings. The molecular formula is C22H30N4O4. The van der Waals surface area contributed by atoms with Gasteiger partial charge in [0.25, 0.3) is 5.91 Å². The van der Waals surface area contributed by atoms with Crippen LogP contribution in [-0.4, -0.2) is 74.7 Å². The second-order valence-corrected chi connectivity index (χ2v) is 6.87. The molecule has 0 unspecified atom stereocenters. The second-order valence-electron chi connectivity index (χ2n) is 6.87. The number of ether oxygens (including phenoxy) is 2. The van der Waals surface area contributed by atoms with Gasteiger partial charge >= 0.3 is 0 Å². The van der Waals surface area contributed by atoms with Crippen LogP contribution in [0.15, 0.2) is 52.1 Å². The Hall–Kier alpha value is -3.16. The molecule has 2 heterocycles. The molecule has 1 aliphatic heterocycles. The lowest BCUT2D eigenvalue weighted by molar-refractivity contribution is 0.0657. The van der Waals surface area contributed by atoms with Gasteiger partial charge in [-0.15, -0.1) is 0 Å². The minimum atomic E-state index is -0.0590. The van der Waals surface area contributed by atoms with Crippen molar-refractivity contribution in [1.82, 2.24) is 15.1 Å². The maximum atomic E-state index is 12.4. The van der Waals surface area contributed by atoms with Gasteiger partial charge < -0.3 is 29.0 Å². The average molecular weight is 415 g/mol. The third-order valence-corrected chi connectivity index (χ3v) is 4.81. The van der Waals surface area contributed by atoms with Crippen molar-refractivity contribution >= 4 is 11.9 Å². The summed E-state index contributed by atoms with van der Waals surface area (Å²) in [5.74, 6) is 2.78. The zero-order valence-electron chi connectivity index (χ0n) is 17.7. The molecular weight excluding hydrogens is 384 g/mol. The molecule has 1 amide bonds. The van der Waals surface area contributed by atoms with E-state index >= 15 is 0 Å². The molecule has 1 aliphatic rings. The van der Waals surface area contributed by atoms with Gasteiger partial charge in [0.1, 0.15) is 11.5 Å². The van der Waals surface area contributed by atoms with E-state index in [0.717, 1.165) is 43.5 Å². The van der Waals surface area contributed by atoms with Gasteiger partial charge in [0.2, 0.25) is 0 Å². The van der Waals surface area contributed by atoms with Gasteiger partial charge in [-0.3, -0.25) is 9.79 Å². The summed E-state index contributed by atoms with van der Waals surface area (Å²) in [5.41, 5.74) is 0. The summed E-state index contributed by atoms with van der Waals surface area (Å²) < 4.78 is 16.2. The number of furan rings is 1. The molecule has 0 aliphatic carbocycles. The zero-order valence-corrected chi connectivity index (χ0v) is 17.7. The Bertz CT molecular complexity index is 814. The zero-order chi connectivity index (χ0) is 21.2. The molecule has 1 N–H and O–H groups in total.